The number of nitrogens with one attached hydrogen (secondary N) is 1. The minimum absolute atomic E-state index is 0.267. The minimum atomic E-state index is -0.267. The van der Waals surface area contributed by atoms with Gasteiger partial charge in [-0.15, -0.1) is 0 Å². The predicted molar refractivity (Wildman–Crippen MR) is 91.1 cm³/mol. The molecule has 0 bridgehead atoms. The average molecular weight is 383 g/mol. The Balaban J connectivity index is 1.90. The molecule has 0 saturated carbocycles. The Morgan fingerprint density at radius 1 is 1.29 bits per heavy atom. The standard InChI is InChI=1S/C14H9BrClN3OS/c15-10-3-1-7(16)5-9(10)13(20)19-14-18-11-4-2-8(17)6-12(11)21-14/h1-6H,17H2,(H,18,19,20). The molecule has 3 aromatic rings. The van der Waals surface area contributed by atoms with Crippen molar-refractivity contribution in [1.82, 2.24) is 4.98 Å². The molecule has 0 atom stereocenters. The second-order valence-corrected chi connectivity index (χ2v) is 6.65. The van der Waals surface area contributed by atoms with Crippen molar-refractivity contribution in [3.8, 4) is 0 Å². The van der Waals surface area contributed by atoms with Crippen molar-refractivity contribution in [2.75, 3.05) is 11.1 Å². The molecule has 0 unspecified atom stereocenters. The van der Waals surface area contributed by atoms with Crippen LogP contribution in [-0.4, -0.2) is 10.9 Å². The average Bonchev–Trinajstić information content (AvgIpc) is 2.82. The van der Waals surface area contributed by atoms with Crippen LogP contribution in [0.4, 0.5) is 10.8 Å². The van der Waals surface area contributed by atoms with Gasteiger partial charge in [-0.1, -0.05) is 22.9 Å². The summed E-state index contributed by atoms with van der Waals surface area (Å²) >= 11 is 10.6. The maximum atomic E-state index is 12.3. The predicted octanol–water partition coefficient (Wildman–Crippen LogP) is 4.55. The molecule has 0 aliphatic heterocycles. The zero-order valence-corrected chi connectivity index (χ0v) is 13.7. The van der Waals surface area contributed by atoms with E-state index in [9.17, 15) is 4.79 Å². The first-order valence-electron chi connectivity index (χ1n) is 5.95. The summed E-state index contributed by atoms with van der Waals surface area (Å²) in [7, 11) is 0. The Labute approximate surface area is 138 Å². The minimum Gasteiger partial charge on any atom is -0.399 e. The quantitative estimate of drug-likeness (QED) is 0.639. The number of nitrogens with zero attached hydrogens (tertiary/aromatic N) is 1. The third kappa shape index (κ3) is 3.02. The summed E-state index contributed by atoms with van der Waals surface area (Å²) in [4.78, 5) is 16.6. The van der Waals surface area contributed by atoms with Gasteiger partial charge in [-0.3, -0.25) is 10.1 Å². The number of aromatic nitrogens is 1. The molecule has 1 heterocycles. The summed E-state index contributed by atoms with van der Waals surface area (Å²) < 4.78 is 1.60. The Morgan fingerprint density at radius 2 is 2.10 bits per heavy atom. The molecule has 7 heteroatoms. The van der Waals surface area contributed by atoms with Crippen molar-refractivity contribution in [3.05, 3.63) is 51.5 Å². The van der Waals surface area contributed by atoms with Gasteiger partial charge in [0.15, 0.2) is 5.13 Å². The summed E-state index contributed by atoms with van der Waals surface area (Å²) in [6, 6.07) is 10.5. The lowest BCUT2D eigenvalue weighted by atomic mass is 10.2. The first-order valence-corrected chi connectivity index (χ1v) is 7.94. The van der Waals surface area contributed by atoms with Crippen LogP contribution in [0.2, 0.25) is 5.02 Å². The molecule has 106 valence electrons. The molecule has 0 aliphatic rings. The van der Waals surface area contributed by atoms with Gasteiger partial charge in [0, 0.05) is 15.2 Å². The number of benzene rings is 2. The summed E-state index contributed by atoms with van der Waals surface area (Å²) in [5, 5.41) is 3.80. The van der Waals surface area contributed by atoms with Crippen molar-refractivity contribution < 1.29 is 4.79 Å². The number of rotatable bonds is 2. The van der Waals surface area contributed by atoms with E-state index in [0.717, 1.165) is 10.2 Å². The molecule has 1 amide bonds. The van der Waals surface area contributed by atoms with Crippen LogP contribution in [0.15, 0.2) is 40.9 Å². The molecule has 1 aromatic heterocycles. The van der Waals surface area contributed by atoms with E-state index in [1.165, 1.54) is 11.3 Å². The highest BCUT2D eigenvalue weighted by Crippen LogP contribution is 2.29. The van der Waals surface area contributed by atoms with Gasteiger partial charge in [0.05, 0.1) is 15.8 Å². The summed E-state index contributed by atoms with van der Waals surface area (Å²) in [6.07, 6.45) is 0. The van der Waals surface area contributed by atoms with Crippen molar-refractivity contribution in [1.29, 1.82) is 0 Å². The SMILES string of the molecule is Nc1ccc2nc(NC(=O)c3cc(Cl)ccc3Br)sc2c1. The molecule has 21 heavy (non-hydrogen) atoms. The van der Waals surface area contributed by atoms with Crippen molar-refractivity contribution in [3.63, 3.8) is 0 Å². The van der Waals surface area contributed by atoms with Gasteiger partial charge < -0.3 is 5.73 Å². The Morgan fingerprint density at radius 3 is 2.90 bits per heavy atom. The van der Waals surface area contributed by atoms with Crippen LogP contribution in [0.3, 0.4) is 0 Å². The zero-order valence-electron chi connectivity index (χ0n) is 10.6. The van der Waals surface area contributed by atoms with Crippen LogP contribution in [0.1, 0.15) is 10.4 Å². The molecule has 3 rings (SSSR count). The third-order valence-electron chi connectivity index (χ3n) is 2.81. The molecule has 4 nitrogen and oxygen atoms in total. The van der Waals surface area contributed by atoms with Gasteiger partial charge in [0.1, 0.15) is 0 Å². The number of nitrogens with two attached hydrogens (primary N) is 1. The Bertz CT molecular complexity index is 849. The summed E-state index contributed by atoms with van der Waals surface area (Å²) in [6.45, 7) is 0. The largest absolute Gasteiger partial charge is 0.399 e. The van der Waals surface area contributed by atoms with Gasteiger partial charge in [0.25, 0.3) is 5.91 Å². The molecule has 0 saturated heterocycles. The first kappa shape index (κ1) is 14.3. The topological polar surface area (TPSA) is 68.0 Å². The van der Waals surface area contributed by atoms with E-state index in [1.807, 2.05) is 12.1 Å². The number of fused-ring (bicyclic) bond motifs is 1. The lowest BCUT2D eigenvalue weighted by Crippen LogP contribution is -2.12. The van der Waals surface area contributed by atoms with E-state index in [4.69, 9.17) is 17.3 Å². The first-order chi connectivity index (χ1) is 10.0. The molecule has 0 fully saturated rings. The van der Waals surface area contributed by atoms with Crippen LogP contribution in [-0.2, 0) is 0 Å². The van der Waals surface area contributed by atoms with Crippen LogP contribution in [0, 0.1) is 0 Å². The fourth-order valence-corrected chi connectivity index (χ4v) is 3.34. The second-order valence-electron chi connectivity index (χ2n) is 4.32. The second kappa shape index (κ2) is 5.63. The molecular weight excluding hydrogens is 374 g/mol. The van der Waals surface area contributed by atoms with E-state index in [1.54, 1.807) is 24.3 Å². The number of hydrogen-bond acceptors (Lipinski definition) is 4. The van der Waals surface area contributed by atoms with Crippen molar-refractivity contribution >= 4 is 65.8 Å². The van der Waals surface area contributed by atoms with Crippen LogP contribution in [0.25, 0.3) is 10.2 Å². The van der Waals surface area contributed by atoms with Gasteiger partial charge in [-0.25, -0.2) is 4.98 Å². The van der Waals surface area contributed by atoms with Crippen LogP contribution in [0.5, 0.6) is 0 Å². The maximum absolute atomic E-state index is 12.3. The monoisotopic (exact) mass is 381 g/mol. The van der Waals surface area contributed by atoms with E-state index in [2.05, 4.69) is 26.2 Å². The normalized spacial score (nSPS) is 10.8. The number of carbonyl (C=O) groups excluding carboxylic acids is 1. The Hall–Kier alpha value is -1.63. The molecule has 2 aromatic carbocycles. The van der Waals surface area contributed by atoms with Crippen LogP contribution < -0.4 is 11.1 Å². The van der Waals surface area contributed by atoms with E-state index in [0.29, 0.717) is 25.9 Å². The molecule has 0 radical (unpaired) electrons. The highest BCUT2D eigenvalue weighted by molar-refractivity contribution is 9.10. The van der Waals surface area contributed by atoms with E-state index < -0.39 is 0 Å². The summed E-state index contributed by atoms with van der Waals surface area (Å²) in [5.41, 5.74) is 7.66. The number of amides is 1. The molecule has 0 aliphatic carbocycles. The van der Waals surface area contributed by atoms with Gasteiger partial charge in [-0.05, 0) is 52.3 Å². The molecular formula is C14H9BrClN3OS. The van der Waals surface area contributed by atoms with Crippen molar-refractivity contribution in [2.45, 2.75) is 0 Å². The highest BCUT2D eigenvalue weighted by Gasteiger charge is 2.13. The van der Waals surface area contributed by atoms with Gasteiger partial charge >= 0.3 is 0 Å². The zero-order chi connectivity index (χ0) is 15.0. The summed E-state index contributed by atoms with van der Waals surface area (Å²) in [5.74, 6) is -0.267. The van der Waals surface area contributed by atoms with Crippen LogP contribution >= 0.6 is 38.9 Å². The van der Waals surface area contributed by atoms with E-state index >= 15 is 0 Å². The van der Waals surface area contributed by atoms with Gasteiger partial charge in [0.2, 0.25) is 0 Å². The number of carbonyl (C=O) groups is 1. The van der Waals surface area contributed by atoms with E-state index in [-0.39, 0.29) is 5.91 Å². The van der Waals surface area contributed by atoms with Gasteiger partial charge in [-0.2, -0.15) is 0 Å². The smallest absolute Gasteiger partial charge is 0.258 e. The maximum Gasteiger partial charge on any atom is 0.258 e. The Kier molecular flexibility index (Phi) is 3.84. The highest BCUT2D eigenvalue weighted by atomic mass is 79.9. The fraction of sp³-hybridized carbons (Fsp3) is 0. The number of halogens is 2. The lowest BCUT2D eigenvalue weighted by Gasteiger charge is -2.04. The molecule has 3 N–H and O–H groups in total. The number of hydrogen-bond donors (Lipinski definition) is 2. The number of anilines is 2. The third-order valence-corrected chi connectivity index (χ3v) is 4.67. The van der Waals surface area contributed by atoms with Crippen molar-refractivity contribution in [2.24, 2.45) is 0 Å². The number of nitrogen functional groups attached to an aromatic ring is 1. The molecule has 0 spiro atoms. The fourth-order valence-electron chi connectivity index (χ4n) is 1.83. The lowest BCUT2D eigenvalue weighted by molar-refractivity contribution is 0.102. The number of thiazole rings is 1.